The molecule has 0 saturated heterocycles. The molecular weight excluding hydrogens is 50.0 g/mol. The zero-order valence-electron chi connectivity index (χ0n) is 3.21. The Morgan fingerprint density at radius 3 is 1.50 bits per heavy atom. The lowest BCUT2D eigenvalue weighted by Crippen LogP contribution is -2.99. The van der Waals surface area contributed by atoms with Crippen LogP contribution in [0.25, 0.3) is 0 Å². The smallest absolute Gasteiger partial charge is 0.0421 e. The van der Waals surface area contributed by atoms with E-state index in [4.69, 9.17) is 0 Å². The first-order chi connectivity index (χ1) is 1.73. The van der Waals surface area contributed by atoms with Gasteiger partial charge in [-0.25, -0.2) is 0 Å². The van der Waals surface area contributed by atoms with Crippen molar-refractivity contribution in [3.63, 3.8) is 0 Å². The van der Waals surface area contributed by atoms with Gasteiger partial charge in [-0.3, -0.25) is 0 Å². The van der Waals surface area contributed by atoms with Gasteiger partial charge in [0.15, 0.2) is 0 Å². The van der Waals surface area contributed by atoms with Gasteiger partial charge in [0.2, 0.25) is 0 Å². The maximum absolute atomic E-state index is 3.56. The number of hydrogen-bond acceptors (Lipinski definition) is 0. The van der Waals surface area contributed by atoms with Gasteiger partial charge in [-0.05, 0) is 0 Å². The summed E-state index contributed by atoms with van der Waals surface area (Å²) in [4.78, 5) is 1.17. The Labute approximate surface area is 27.2 Å². The van der Waals surface area contributed by atoms with Gasteiger partial charge in [-0.2, -0.15) is 7.05 Å². The Morgan fingerprint density at radius 2 is 1.50 bits per heavy atom. The monoisotopic (exact) mass is 59.1 g/mol. The molecule has 0 saturated carbocycles. The minimum atomic E-state index is 1.17. The molecule has 0 aliphatic carbocycles. The topological polar surface area (TPSA) is 4.44 Å². The Balaban J connectivity index is 2.32. The molecule has 0 heterocycles. The Kier molecular flexibility index (Phi) is 1.28. The summed E-state index contributed by atoms with van der Waals surface area (Å²) in [5, 5.41) is 0. The maximum Gasteiger partial charge on any atom is 0.0421 e. The zero-order valence-corrected chi connectivity index (χ0v) is 3.21. The average Bonchev–Trinajstić information content (AvgIpc) is 0.811. The summed E-state index contributed by atoms with van der Waals surface area (Å²) >= 11 is 0. The van der Waals surface area contributed by atoms with Crippen LogP contribution in [0.3, 0.4) is 0 Å². The summed E-state index contributed by atoms with van der Waals surface area (Å²) in [6.07, 6.45) is 0. The summed E-state index contributed by atoms with van der Waals surface area (Å²) < 4.78 is 0. The third-order valence-electron chi connectivity index (χ3n) is 0. The molecule has 0 fully saturated rings. The van der Waals surface area contributed by atoms with Crippen LogP contribution in [0.1, 0.15) is 0 Å². The van der Waals surface area contributed by atoms with Crippen molar-refractivity contribution in [2.24, 2.45) is 0 Å². The Bertz CT molecular complexity index is 8.00. The SMILES string of the molecule is [CH2-][NH+](C)C. The summed E-state index contributed by atoms with van der Waals surface area (Å²) in [5.74, 6) is 0. The molecule has 1 nitrogen and oxygen atoms in total. The van der Waals surface area contributed by atoms with Crippen molar-refractivity contribution < 1.29 is 4.90 Å². The van der Waals surface area contributed by atoms with Gasteiger partial charge >= 0.3 is 0 Å². The Hall–Kier alpha value is -0.0400. The third kappa shape index (κ3) is 1130. The molecule has 1 N–H and O–H groups in total. The van der Waals surface area contributed by atoms with Crippen molar-refractivity contribution in [3.8, 4) is 0 Å². The minimum Gasteiger partial charge on any atom is -0.473 e. The first kappa shape index (κ1) is 3.96. The van der Waals surface area contributed by atoms with Crippen LogP contribution in [0.2, 0.25) is 0 Å². The fourth-order valence-electron chi connectivity index (χ4n) is 0. The van der Waals surface area contributed by atoms with E-state index in [1.165, 1.54) is 4.90 Å². The highest BCUT2D eigenvalue weighted by atomic mass is 15.0. The molecule has 0 radical (unpaired) electrons. The van der Waals surface area contributed by atoms with E-state index < -0.39 is 0 Å². The van der Waals surface area contributed by atoms with Gasteiger partial charge < -0.3 is 4.90 Å². The minimum absolute atomic E-state index is 1.17. The molecule has 0 amide bonds. The van der Waals surface area contributed by atoms with Crippen LogP contribution in [0.4, 0.5) is 0 Å². The summed E-state index contributed by atoms with van der Waals surface area (Å²) in [7, 11) is 7.50. The van der Waals surface area contributed by atoms with E-state index in [0.717, 1.165) is 0 Å². The van der Waals surface area contributed by atoms with E-state index in [1.54, 1.807) is 0 Å². The highest BCUT2D eigenvalue weighted by molar-refractivity contribution is 3.79. The summed E-state index contributed by atoms with van der Waals surface area (Å²) in [6.45, 7) is 0. The molecule has 26 valence electrons. The quantitative estimate of drug-likeness (QED) is 0.339. The lowest BCUT2D eigenvalue weighted by molar-refractivity contribution is -0.808. The van der Waals surface area contributed by atoms with E-state index in [2.05, 4.69) is 7.05 Å². The van der Waals surface area contributed by atoms with Gasteiger partial charge in [0.25, 0.3) is 0 Å². The van der Waals surface area contributed by atoms with E-state index in [-0.39, 0.29) is 0 Å². The number of quaternary nitrogens is 1. The molecule has 0 rings (SSSR count). The predicted molar refractivity (Wildman–Crippen MR) is 18.2 cm³/mol. The number of nitrogens with one attached hydrogen (secondary N) is 1. The Morgan fingerprint density at radius 1 is 1.50 bits per heavy atom. The highest BCUT2D eigenvalue weighted by Gasteiger charge is 1.50. The molecule has 0 aliphatic heterocycles. The third-order valence-corrected chi connectivity index (χ3v) is 0. The number of rotatable bonds is 0. The fourth-order valence-corrected chi connectivity index (χ4v) is 0. The first-order valence-electron chi connectivity index (χ1n) is 1.35. The fraction of sp³-hybridized carbons (Fsp3) is 0.667. The average molecular weight is 59.1 g/mol. The van der Waals surface area contributed by atoms with Gasteiger partial charge in [0.1, 0.15) is 0 Å². The van der Waals surface area contributed by atoms with E-state index in [0.29, 0.717) is 0 Å². The van der Waals surface area contributed by atoms with Crippen LogP contribution in [-0.4, -0.2) is 14.1 Å². The van der Waals surface area contributed by atoms with Crippen LogP contribution in [0.5, 0.6) is 0 Å². The van der Waals surface area contributed by atoms with Crippen molar-refractivity contribution >= 4 is 0 Å². The van der Waals surface area contributed by atoms with Gasteiger partial charge in [-0.15, -0.1) is 0 Å². The highest BCUT2D eigenvalue weighted by Crippen LogP contribution is 0.948. The van der Waals surface area contributed by atoms with Crippen LogP contribution >= 0.6 is 0 Å². The second-order valence-corrected chi connectivity index (χ2v) is 1.21. The lowest BCUT2D eigenvalue weighted by atomic mass is 11.0. The van der Waals surface area contributed by atoms with Crippen molar-refractivity contribution in [1.29, 1.82) is 0 Å². The number of hydrogen-bond donors (Lipinski definition) is 1. The predicted octanol–water partition coefficient (Wildman–Crippen LogP) is -1.08. The van der Waals surface area contributed by atoms with Gasteiger partial charge in [0.05, 0.1) is 0 Å². The maximum atomic E-state index is 3.56. The van der Waals surface area contributed by atoms with E-state index in [9.17, 15) is 0 Å². The molecule has 0 bridgehead atoms. The first-order valence-corrected chi connectivity index (χ1v) is 1.35. The molecule has 1 heteroatoms. The molecular formula is C3H9N. The van der Waals surface area contributed by atoms with Crippen molar-refractivity contribution in [1.82, 2.24) is 0 Å². The second-order valence-electron chi connectivity index (χ2n) is 1.21. The molecule has 0 aromatic carbocycles. The molecule has 0 aromatic rings. The van der Waals surface area contributed by atoms with Crippen LogP contribution in [0.15, 0.2) is 0 Å². The normalized spacial score (nSPS) is 9.00. The summed E-state index contributed by atoms with van der Waals surface area (Å²) in [6, 6.07) is 0. The van der Waals surface area contributed by atoms with Gasteiger partial charge in [-0.1, -0.05) is 0 Å². The standard InChI is InChI=1S/C3H9N/c1-4(2)3/h4H,1H2,2-3H3. The van der Waals surface area contributed by atoms with Crippen LogP contribution < -0.4 is 4.90 Å². The van der Waals surface area contributed by atoms with Crippen molar-refractivity contribution in [2.75, 3.05) is 14.1 Å². The largest absolute Gasteiger partial charge is 0.473 e. The molecule has 0 aromatic heterocycles. The summed E-state index contributed by atoms with van der Waals surface area (Å²) in [5.41, 5.74) is 0. The van der Waals surface area contributed by atoms with Crippen LogP contribution in [0, 0.1) is 7.05 Å². The molecule has 0 atom stereocenters. The molecule has 0 spiro atoms. The van der Waals surface area contributed by atoms with Crippen LogP contribution in [-0.2, 0) is 0 Å². The van der Waals surface area contributed by atoms with E-state index in [1.807, 2.05) is 14.1 Å². The lowest BCUT2D eigenvalue weighted by Gasteiger charge is -2.00. The second kappa shape index (κ2) is 1.30. The molecule has 0 unspecified atom stereocenters. The van der Waals surface area contributed by atoms with Crippen molar-refractivity contribution in [3.05, 3.63) is 7.05 Å². The van der Waals surface area contributed by atoms with Crippen molar-refractivity contribution in [2.45, 2.75) is 0 Å². The molecule has 0 aliphatic rings. The zero-order chi connectivity index (χ0) is 3.58. The van der Waals surface area contributed by atoms with E-state index >= 15 is 0 Å². The van der Waals surface area contributed by atoms with Gasteiger partial charge in [0, 0.05) is 14.1 Å². The molecule has 4 heavy (non-hydrogen) atoms.